The molecule has 0 saturated heterocycles. The standard InChI is InChI=1S/C14H19NO2/c1-10(14(16)17)15(2)13-8-7-11-5-3-4-6-12(11)9-13/h3-6,10,13H,7-9H2,1-2H3,(H,16,17). The van der Waals surface area contributed by atoms with Crippen molar-refractivity contribution in [2.24, 2.45) is 0 Å². The molecule has 0 bridgehead atoms. The van der Waals surface area contributed by atoms with Crippen LogP contribution in [0.1, 0.15) is 24.5 Å². The monoisotopic (exact) mass is 233 g/mol. The van der Waals surface area contributed by atoms with Gasteiger partial charge in [0.25, 0.3) is 0 Å². The molecule has 92 valence electrons. The second-order valence-electron chi connectivity index (χ2n) is 4.85. The fraction of sp³-hybridized carbons (Fsp3) is 0.500. The predicted molar refractivity (Wildman–Crippen MR) is 67.1 cm³/mol. The van der Waals surface area contributed by atoms with Crippen LogP contribution in [0.3, 0.4) is 0 Å². The number of likely N-dealkylation sites (N-methyl/N-ethyl adjacent to an activating group) is 1. The van der Waals surface area contributed by atoms with Crippen LogP contribution < -0.4 is 0 Å². The van der Waals surface area contributed by atoms with Crippen molar-refractivity contribution in [1.82, 2.24) is 4.90 Å². The van der Waals surface area contributed by atoms with Crippen LogP contribution in [0.25, 0.3) is 0 Å². The highest BCUT2D eigenvalue weighted by Gasteiger charge is 2.27. The lowest BCUT2D eigenvalue weighted by Gasteiger charge is -2.34. The Bertz CT molecular complexity index is 416. The summed E-state index contributed by atoms with van der Waals surface area (Å²) < 4.78 is 0. The molecule has 0 heterocycles. The van der Waals surface area contributed by atoms with E-state index in [1.165, 1.54) is 11.1 Å². The number of nitrogens with zero attached hydrogens (tertiary/aromatic N) is 1. The van der Waals surface area contributed by atoms with E-state index < -0.39 is 12.0 Å². The first-order chi connectivity index (χ1) is 8.09. The molecule has 3 nitrogen and oxygen atoms in total. The second-order valence-corrected chi connectivity index (χ2v) is 4.85. The van der Waals surface area contributed by atoms with Gasteiger partial charge in [0, 0.05) is 6.04 Å². The van der Waals surface area contributed by atoms with E-state index in [1.807, 2.05) is 11.9 Å². The quantitative estimate of drug-likeness (QED) is 0.867. The maximum atomic E-state index is 11.0. The molecule has 1 N–H and O–H groups in total. The molecule has 0 radical (unpaired) electrons. The van der Waals surface area contributed by atoms with Crippen molar-refractivity contribution in [3.05, 3.63) is 35.4 Å². The molecule has 2 rings (SSSR count). The highest BCUT2D eigenvalue weighted by atomic mass is 16.4. The van der Waals surface area contributed by atoms with Crippen LogP contribution in [0.15, 0.2) is 24.3 Å². The van der Waals surface area contributed by atoms with Crippen LogP contribution in [-0.2, 0) is 17.6 Å². The van der Waals surface area contributed by atoms with Crippen LogP contribution in [-0.4, -0.2) is 35.1 Å². The van der Waals surface area contributed by atoms with Gasteiger partial charge in [0.15, 0.2) is 0 Å². The van der Waals surface area contributed by atoms with Gasteiger partial charge >= 0.3 is 5.97 Å². The normalized spacial score (nSPS) is 21.0. The summed E-state index contributed by atoms with van der Waals surface area (Å²) in [6.07, 6.45) is 3.06. The van der Waals surface area contributed by atoms with E-state index in [1.54, 1.807) is 6.92 Å². The zero-order valence-corrected chi connectivity index (χ0v) is 10.4. The molecule has 0 aliphatic heterocycles. The molecule has 0 saturated carbocycles. The molecule has 2 unspecified atom stereocenters. The Kier molecular flexibility index (Phi) is 3.48. The lowest BCUT2D eigenvalue weighted by Crippen LogP contribution is -2.45. The summed E-state index contributed by atoms with van der Waals surface area (Å²) in [4.78, 5) is 13.0. The van der Waals surface area contributed by atoms with Gasteiger partial charge in [0.2, 0.25) is 0 Å². The van der Waals surface area contributed by atoms with E-state index >= 15 is 0 Å². The Morgan fingerprint density at radius 2 is 2.06 bits per heavy atom. The molecule has 0 amide bonds. The van der Waals surface area contributed by atoms with Crippen molar-refractivity contribution < 1.29 is 9.90 Å². The molecule has 1 aromatic rings. The number of carboxylic acids is 1. The van der Waals surface area contributed by atoms with Crippen LogP contribution in [0.2, 0.25) is 0 Å². The van der Waals surface area contributed by atoms with Crippen molar-refractivity contribution in [2.45, 2.75) is 38.3 Å². The highest BCUT2D eigenvalue weighted by Crippen LogP contribution is 2.24. The van der Waals surface area contributed by atoms with Crippen molar-refractivity contribution in [2.75, 3.05) is 7.05 Å². The number of fused-ring (bicyclic) bond motifs is 1. The molecule has 17 heavy (non-hydrogen) atoms. The second kappa shape index (κ2) is 4.88. The van der Waals surface area contributed by atoms with Gasteiger partial charge in [-0.15, -0.1) is 0 Å². The number of carboxylic acid groups (broad SMARTS) is 1. The summed E-state index contributed by atoms with van der Waals surface area (Å²) in [5.41, 5.74) is 2.79. The van der Waals surface area contributed by atoms with Crippen LogP contribution in [0.4, 0.5) is 0 Å². The Balaban J connectivity index is 2.10. The minimum atomic E-state index is -0.744. The molecule has 1 aromatic carbocycles. The van der Waals surface area contributed by atoms with Crippen molar-refractivity contribution in [3.8, 4) is 0 Å². The SMILES string of the molecule is CC(C(=O)O)N(C)C1CCc2ccccc2C1. The van der Waals surface area contributed by atoms with E-state index in [9.17, 15) is 4.79 Å². The van der Waals surface area contributed by atoms with Crippen LogP contribution in [0, 0.1) is 0 Å². The first kappa shape index (κ1) is 12.1. The fourth-order valence-corrected chi connectivity index (χ4v) is 2.52. The lowest BCUT2D eigenvalue weighted by molar-refractivity contribution is -0.143. The van der Waals surface area contributed by atoms with Gasteiger partial charge in [-0.1, -0.05) is 24.3 Å². The van der Waals surface area contributed by atoms with Crippen LogP contribution >= 0.6 is 0 Å². The number of aryl methyl sites for hydroxylation is 1. The van der Waals surface area contributed by atoms with E-state index in [-0.39, 0.29) is 0 Å². The van der Waals surface area contributed by atoms with E-state index in [2.05, 4.69) is 24.3 Å². The molecule has 0 aromatic heterocycles. The van der Waals surface area contributed by atoms with Gasteiger partial charge in [-0.25, -0.2) is 0 Å². The topological polar surface area (TPSA) is 40.5 Å². The van der Waals surface area contributed by atoms with Crippen molar-refractivity contribution in [1.29, 1.82) is 0 Å². The van der Waals surface area contributed by atoms with Gasteiger partial charge < -0.3 is 5.11 Å². The molecule has 1 aliphatic rings. The maximum Gasteiger partial charge on any atom is 0.320 e. The Morgan fingerprint density at radius 3 is 2.71 bits per heavy atom. The molecule has 3 heteroatoms. The molecule has 2 atom stereocenters. The first-order valence-electron chi connectivity index (χ1n) is 6.11. The minimum Gasteiger partial charge on any atom is -0.480 e. The number of benzene rings is 1. The van der Waals surface area contributed by atoms with Gasteiger partial charge in [-0.2, -0.15) is 0 Å². The maximum absolute atomic E-state index is 11.0. The zero-order valence-electron chi connectivity index (χ0n) is 10.4. The Morgan fingerprint density at radius 1 is 1.41 bits per heavy atom. The summed E-state index contributed by atoms with van der Waals surface area (Å²) in [5.74, 6) is -0.744. The third kappa shape index (κ3) is 2.50. The first-order valence-corrected chi connectivity index (χ1v) is 6.11. The van der Waals surface area contributed by atoms with Gasteiger partial charge in [0.05, 0.1) is 0 Å². The third-order valence-electron chi connectivity index (χ3n) is 3.87. The summed E-state index contributed by atoms with van der Waals surface area (Å²) in [5, 5.41) is 9.04. The fourth-order valence-electron chi connectivity index (χ4n) is 2.52. The number of hydrogen-bond donors (Lipinski definition) is 1. The minimum absolute atomic E-state index is 0.344. The number of rotatable bonds is 3. The third-order valence-corrected chi connectivity index (χ3v) is 3.87. The molecule has 0 fully saturated rings. The number of hydrogen-bond acceptors (Lipinski definition) is 2. The Hall–Kier alpha value is -1.35. The smallest absolute Gasteiger partial charge is 0.320 e. The molecular formula is C14H19NO2. The Labute approximate surface area is 102 Å². The summed E-state index contributed by atoms with van der Waals surface area (Å²) in [6.45, 7) is 1.75. The predicted octanol–water partition coefficient (Wildman–Crippen LogP) is 1.95. The van der Waals surface area contributed by atoms with Crippen LogP contribution in [0.5, 0.6) is 0 Å². The highest BCUT2D eigenvalue weighted by molar-refractivity contribution is 5.72. The van der Waals surface area contributed by atoms with Gasteiger partial charge in [-0.05, 0) is 44.4 Å². The van der Waals surface area contributed by atoms with Gasteiger partial charge in [-0.3, -0.25) is 9.69 Å². The average Bonchev–Trinajstić information content (AvgIpc) is 2.36. The average molecular weight is 233 g/mol. The largest absolute Gasteiger partial charge is 0.480 e. The summed E-state index contributed by atoms with van der Waals surface area (Å²) in [7, 11) is 1.91. The molecular weight excluding hydrogens is 214 g/mol. The van der Waals surface area contributed by atoms with E-state index in [0.717, 1.165) is 19.3 Å². The van der Waals surface area contributed by atoms with E-state index in [0.29, 0.717) is 6.04 Å². The van der Waals surface area contributed by atoms with Gasteiger partial charge in [0.1, 0.15) is 6.04 Å². The number of carbonyl (C=O) groups is 1. The number of aliphatic carboxylic acids is 1. The molecule has 0 spiro atoms. The lowest BCUT2D eigenvalue weighted by atomic mass is 9.87. The molecule has 1 aliphatic carbocycles. The van der Waals surface area contributed by atoms with E-state index in [4.69, 9.17) is 5.11 Å². The summed E-state index contributed by atoms with van der Waals surface area (Å²) in [6, 6.07) is 8.39. The van der Waals surface area contributed by atoms with Crippen molar-refractivity contribution in [3.63, 3.8) is 0 Å². The summed E-state index contributed by atoms with van der Waals surface area (Å²) >= 11 is 0. The zero-order chi connectivity index (χ0) is 12.4. The van der Waals surface area contributed by atoms with Crippen molar-refractivity contribution >= 4 is 5.97 Å².